The van der Waals surface area contributed by atoms with E-state index < -0.39 is 0 Å². The Morgan fingerprint density at radius 1 is 1.33 bits per heavy atom. The number of fused-ring (bicyclic) bond motifs is 3. The molecule has 0 aliphatic carbocycles. The zero-order valence-electron chi connectivity index (χ0n) is 13.1. The van der Waals surface area contributed by atoms with Crippen LogP contribution in [0.15, 0.2) is 34.3 Å². The summed E-state index contributed by atoms with van der Waals surface area (Å²) in [5, 5.41) is 0.699. The van der Waals surface area contributed by atoms with Crippen LogP contribution in [-0.4, -0.2) is 46.2 Å². The molecule has 0 N–H and O–H groups in total. The fourth-order valence-corrected chi connectivity index (χ4v) is 4.03. The van der Waals surface area contributed by atoms with Crippen LogP contribution in [0.5, 0.6) is 0 Å². The Morgan fingerprint density at radius 3 is 3.00 bits per heavy atom. The SMILES string of the molecule is CSc1ncc2c(n1)N1CCC[C@H]1CN(c1cncc(Br)c1)C2=O. The van der Waals surface area contributed by atoms with Crippen LogP contribution in [0.1, 0.15) is 23.2 Å². The van der Waals surface area contributed by atoms with Crippen LogP contribution in [-0.2, 0) is 0 Å². The van der Waals surface area contributed by atoms with Gasteiger partial charge in [-0.2, -0.15) is 0 Å². The molecule has 2 aliphatic heterocycles. The first kappa shape index (κ1) is 15.8. The molecular weight excluding hydrogens is 390 g/mol. The van der Waals surface area contributed by atoms with E-state index in [1.807, 2.05) is 12.3 Å². The summed E-state index contributed by atoms with van der Waals surface area (Å²) >= 11 is 4.93. The number of pyridine rings is 1. The average molecular weight is 406 g/mol. The van der Waals surface area contributed by atoms with Gasteiger partial charge >= 0.3 is 0 Å². The number of halogens is 1. The first-order valence-corrected chi connectivity index (χ1v) is 9.79. The van der Waals surface area contributed by atoms with Crippen LogP contribution < -0.4 is 9.80 Å². The van der Waals surface area contributed by atoms with Crippen molar-refractivity contribution < 1.29 is 4.79 Å². The van der Waals surface area contributed by atoms with E-state index >= 15 is 0 Å². The standard InChI is InChI=1S/C16H16BrN5OS/c1-24-16-19-8-13-14(20-16)21-4-2-3-11(21)9-22(15(13)23)12-5-10(17)6-18-7-12/h5-8,11H,2-4,9H2,1H3/t11-/m0/s1. The van der Waals surface area contributed by atoms with Gasteiger partial charge in [-0.25, -0.2) is 9.97 Å². The Labute approximate surface area is 152 Å². The maximum absolute atomic E-state index is 13.1. The maximum Gasteiger partial charge on any atom is 0.263 e. The molecular formula is C16H16BrN5OS. The highest BCUT2D eigenvalue weighted by molar-refractivity contribution is 9.10. The Balaban J connectivity index is 1.83. The third kappa shape index (κ3) is 2.67. The van der Waals surface area contributed by atoms with Gasteiger partial charge in [0.25, 0.3) is 5.91 Å². The molecule has 24 heavy (non-hydrogen) atoms. The lowest BCUT2D eigenvalue weighted by Crippen LogP contribution is -2.39. The van der Waals surface area contributed by atoms with Gasteiger partial charge < -0.3 is 9.80 Å². The summed E-state index contributed by atoms with van der Waals surface area (Å²) in [6, 6.07) is 2.20. The highest BCUT2D eigenvalue weighted by atomic mass is 79.9. The topological polar surface area (TPSA) is 62.2 Å². The quantitative estimate of drug-likeness (QED) is 0.565. The zero-order chi connectivity index (χ0) is 16.7. The first-order valence-electron chi connectivity index (χ1n) is 7.77. The number of nitrogens with zero attached hydrogens (tertiary/aromatic N) is 5. The van der Waals surface area contributed by atoms with Crippen LogP contribution in [0.25, 0.3) is 0 Å². The number of carbonyl (C=O) groups excluding carboxylic acids is 1. The van der Waals surface area contributed by atoms with Gasteiger partial charge in [0.05, 0.1) is 11.9 Å². The van der Waals surface area contributed by atoms with Crippen LogP contribution in [0.4, 0.5) is 11.5 Å². The molecule has 0 aromatic carbocycles. The molecule has 124 valence electrons. The molecule has 4 rings (SSSR count). The summed E-state index contributed by atoms with van der Waals surface area (Å²) in [4.78, 5) is 30.4. The van der Waals surface area contributed by atoms with E-state index in [4.69, 9.17) is 0 Å². The summed E-state index contributed by atoms with van der Waals surface area (Å²) in [7, 11) is 0. The van der Waals surface area contributed by atoms with Crippen molar-refractivity contribution in [3.05, 3.63) is 34.7 Å². The molecule has 2 aliphatic rings. The Kier molecular flexibility index (Phi) is 4.17. The molecule has 6 nitrogen and oxygen atoms in total. The highest BCUT2D eigenvalue weighted by Crippen LogP contribution is 2.34. The Morgan fingerprint density at radius 2 is 2.21 bits per heavy atom. The van der Waals surface area contributed by atoms with Gasteiger partial charge in [-0.1, -0.05) is 11.8 Å². The van der Waals surface area contributed by atoms with Gasteiger partial charge in [-0.3, -0.25) is 9.78 Å². The third-order valence-electron chi connectivity index (χ3n) is 4.45. The Hall–Kier alpha value is -1.67. The minimum Gasteiger partial charge on any atom is -0.351 e. The van der Waals surface area contributed by atoms with Gasteiger partial charge in [0.2, 0.25) is 0 Å². The second-order valence-corrected chi connectivity index (χ2v) is 7.55. The van der Waals surface area contributed by atoms with E-state index in [0.29, 0.717) is 17.3 Å². The van der Waals surface area contributed by atoms with E-state index in [2.05, 4.69) is 35.8 Å². The van der Waals surface area contributed by atoms with Crippen molar-refractivity contribution in [3.63, 3.8) is 0 Å². The van der Waals surface area contributed by atoms with Gasteiger partial charge in [0.1, 0.15) is 11.4 Å². The highest BCUT2D eigenvalue weighted by Gasteiger charge is 2.37. The van der Waals surface area contributed by atoms with E-state index in [1.165, 1.54) is 11.8 Å². The van der Waals surface area contributed by atoms with Gasteiger partial charge in [0, 0.05) is 36.0 Å². The first-order chi connectivity index (χ1) is 11.7. The van der Waals surface area contributed by atoms with Crippen LogP contribution in [0.2, 0.25) is 0 Å². The molecule has 1 amide bonds. The van der Waals surface area contributed by atoms with Gasteiger partial charge in [-0.05, 0) is 41.1 Å². The predicted molar refractivity (Wildman–Crippen MR) is 97.8 cm³/mol. The monoisotopic (exact) mass is 405 g/mol. The number of rotatable bonds is 2. The van der Waals surface area contributed by atoms with Crippen LogP contribution >= 0.6 is 27.7 Å². The van der Waals surface area contributed by atoms with E-state index in [9.17, 15) is 4.79 Å². The average Bonchev–Trinajstić information content (AvgIpc) is 3.02. The fraction of sp³-hybridized carbons (Fsp3) is 0.375. The summed E-state index contributed by atoms with van der Waals surface area (Å²) in [5.74, 6) is 0.708. The Bertz CT molecular complexity index is 802. The molecule has 2 aromatic rings. The maximum atomic E-state index is 13.1. The molecule has 0 saturated carbocycles. The van der Waals surface area contributed by atoms with Crippen LogP contribution in [0, 0.1) is 0 Å². The minimum atomic E-state index is -0.0630. The molecule has 0 unspecified atom stereocenters. The van der Waals surface area contributed by atoms with Crippen molar-refractivity contribution >= 4 is 45.1 Å². The molecule has 2 aromatic heterocycles. The van der Waals surface area contributed by atoms with E-state index in [1.54, 1.807) is 23.5 Å². The summed E-state index contributed by atoms with van der Waals surface area (Å²) in [6.07, 6.45) is 9.22. The van der Waals surface area contributed by atoms with Crippen molar-refractivity contribution in [2.75, 3.05) is 29.1 Å². The molecule has 0 radical (unpaired) electrons. The normalized spacial score (nSPS) is 19.9. The molecule has 8 heteroatoms. The molecule has 1 saturated heterocycles. The van der Waals surface area contributed by atoms with Crippen molar-refractivity contribution in [2.45, 2.75) is 24.0 Å². The largest absolute Gasteiger partial charge is 0.351 e. The molecule has 4 heterocycles. The molecule has 1 atom stereocenters. The molecule has 0 spiro atoms. The minimum absolute atomic E-state index is 0.0630. The van der Waals surface area contributed by atoms with E-state index in [0.717, 1.165) is 35.4 Å². The van der Waals surface area contributed by atoms with Crippen molar-refractivity contribution in [2.24, 2.45) is 0 Å². The fourth-order valence-electron chi connectivity index (χ4n) is 3.34. The zero-order valence-corrected chi connectivity index (χ0v) is 15.5. The number of hydrogen-bond donors (Lipinski definition) is 0. The molecule has 0 bridgehead atoms. The lowest BCUT2D eigenvalue weighted by atomic mass is 10.2. The number of carbonyl (C=O) groups is 1. The third-order valence-corrected chi connectivity index (χ3v) is 5.44. The van der Waals surface area contributed by atoms with Crippen molar-refractivity contribution in [3.8, 4) is 0 Å². The number of thioether (sulfide) groups is 1. The second-order valence-electron chi connectivity index (χ2n) is 5.86. The summed E-state index contributed by atoms with van der Waals surface area (Å²) < 4.78 is 0.856. The molecule has 1 fully saturated rings. The van der Waals surface area contributed by atoms with Crippen molar-refractivity contribution in [1.82, 2.24) is 15.0 Å². The lowest BCUT2D eigenvalue weighted by Gasteiger charge is -2.26. The summed E-state index contributed by atoms with van der Waals surface area (Å²) in [6.45, 7) is 1.57. The number of aromatic nitrogens is 3. The number of amides is 1. The second kappa shape index (κ2) is 6.33. The number of hydrogen-bond acceptors (Lipinski definition) is 6. The van der Waals surface area contributed by atoms with Gasteiger partial charge in [-0.15, -0.1) is 0 Å². The summed E-state index contributed by atoms with van der Waals surface area (Å²) in [5.41, 5.74) is 1.36. The number of anilines is 2. The van der Waals surface area contributed by atoms with E-state index in [-0.39, 0.29) is 11.9 Å². The van der Waals surface area contributed by atoms with Gasteiger partial charge in [0.15, 0.2) is 5.16 Å². The predicted octanol–water partition coefficient (Wildman–Crippen LogP) is 2.99. The smallest absolute Gasteiger partial charge is 0.263 e. The van der Waals surface area contributed by atoms with Crippen LogP contribution in [0.3, 0.4) is 0 Å². The van der Waals surface area contributed by atoms with Crippen molar-refractivity contribution in [1.29, 1.82) is 0 Å². The lowest BCUT2D eigenvalue weighted by molar-refractivity contribution is 0.0988.